The molecule has 0 aliphatic heterocycles. The van der Waals surface area contributed by atoms with E-state index in [9.17, 15) is 19.2 Å². The highest BCUT2D eigenvalue weighted by Gasteiger charge is 2.33. The van der Waals surface area contributed by atoms with Crippen LogP contribution >= 0.6 is 0 Å². The van der Waals surface area contributed by atoms with Crippen molar-refractivity contribution < 1.29 is 19.2 Å². The molecule has 2 amide bonds. The minimum atomic E-state index is -0.871. The van der Waals surface area contributed by atoms with Crippen LogP contribution < -0.4 is 10.6 Å². The van der Waals surface area contributed by atoms with Crippen LogP contribution in [0, 0.1) is 10.8 Å². The van der Waals surface area contributed by atoms with Gasteiger partial charge in [-0.3, -0.25) is 19.2 Å². The molecule has 0 saturated carbocycles. The molecule has 0 spiro atoms. The third kappa shape index (κ3) is 9.97. The van der Waals surface area contributed by atoms with Gasteiger partial charge in [0.05, 0.1) is 13.0 Å². The van der Waals surface area contributed by atoms with Gasteiger partial charge in [-0.2, -0.15) is 0 Å². The molecule has 0 aliphatic rings. The monoisotopic (exact) mass is 397 g/mol. The van der Waals surface area contributed by atoms with Crippen molar-refractivity contribution in [2.75, 3.05) is 20.1 Å². The van der Waals surface area contributed by atoms with E-state index >= 15 is 0 Å². The second-order valence-electron chi connectivity index (χ2n) is 10.5. The fourth-order valence-corrected chi connectivity index (χ4v) is 2.22. The number of Topliss-reactive ketones (excluding diaryl/α,β-unsaturated/α-hetero) is 2. The van der Waals surface area contributed by atoms with Gasteiger partial charge in [0.15, 0.2) is 5.78 Å². The zero-order valence-corrected chi connectivity index (χ0v) is 19.3. The van der Waals surface area contributed by atoms with Crippen LogP contribution in [0.3, 0.4) is 0 Å². The van der Waals surface area contributed by atoms with Crippen molar-refractivity contribution >= 4 is 23.4 Å². The molecule has 0 aromatic heterocycles. The average molecular weight is 398 g/mol. The summed E-state index contributed by atoms with van der Waals surface area (Å²) in [5.74, 6) is -1.07. The van der Waals surface area contributed by atoms with Crippen LogP contribution in [0.1, 0.15) is 68.7 Å². The normalized spacial score (nSPS) is 13.6. The van der Waals surface area contributed by atoms with Crippen LogP contribution in [0.4, 0.5) is 0 Å². The Morgan fingerprint density at radius 2 is 1.36 bits per heavy atom. The molecule has 0 aromatic rings. The maximum Gasteiger partial charge on any atom is 0.236 e. The van der Waals surface area contributed by atoms with E-state index in [1.54, 1.807) is 48.6 Å². The molecule has 7 heteroatoms. The Morgan fingerprint density at radius 1 is 0.857 bits per heavy atom. The second kappa shape index (κ2) is 9.63. The topological polar surface area (TPSA) is 95.6 Å². The molecule has 0 aromatic carbocycles. The fourth-order valence-electron chi connectivity index (χ4n) is 2.22. The van der Waals surface area contributed by atoms with Crippen LogP contribution in [0.5, 0.6) is 0 Å². The van der Waals surface area contributed by atoms with Crippen molar-refractivity contribution in [1.82, 2.24) is 15.5 Å². The maximum absolute atomic E-state index is 12.8. The van der Waals surface area contributed by atoms with Crippen LogP contribution in [-0.2, 0) is 19.2 Å². The number of carbonyl (C=O) groups excluding carboxylic acids is 4. The minimum absolute atomic E-state index is 0.0518. The Kier molecular flexibility index (Phi) is 9.03. The lowest BCUT2D eigenvalue weighted by Gasteiger charge is -2.30. The van der Waals surface area contributed by atoms with Crippen LogP contribution in [0.25, 0.3) is 0 Å². The number of ketones is 2. The van der Waals surface area contributed by atoms with E-state index < -0.39 is 22.8 Å². The molecule has 2 N–H and O–H groups in total. The lowest BCUT2D eigenvalue weighted by molar-refractivity contribution is -0.138. The van der Waals surface area contributed by atoms with Crippen molar-refractivity contribution in [2.45, 2.75) is 80.3 Å². The second-order valence-corrected chi connectivity index (χ2v) is 10.5. The van der Waals surface area contributed by atoms with Gasteiger partial charge in [0, 0.05) is 30.0 Å². The van der Waals surface area contributed by atoms with Crippen molar-refractivity contribution in [2.24, 2.45) is 10.8 Å². The summed E-state index contributed by atoms with van der Waals surface area (Å²) in [6, 6.07) is -0.871. The first kappa shape index (κ1) is 26.2. The van der Waals surface area contributed by atoms with E-state index in [2.05, 4.69) is 10.6 Å². The Labute approximate surface area is 170 Å². The standard InChI is InChI=1S/C21H39N3O4/c1-19(2,3)15(25)11-16(26)23-14(18(28)20(4,5)6)13-24(10)17(27)12-22-21(7,8)9/h14,22H,11-13H2,1-10H3,(H,23,26). The quantitative estimate of drug-likeness (QED) is 0.610. The summed E-state index contributed by atoms with van der Waals surface area (Å²) < 4.78 is 0. The van der Waals surface area contributed by atoms with Gasteiger partial charge in [-0.05, 0) is 20.8 Å². The summed E-state index contributed by atoms with van der Waals surface area (Å²) >= 11 is 0. The van der Waals surface area contributed by atoms with Gasteiger partial charge in [0.1, 0.15) is 11.8 Å². The highest BCUT2D eigenvalue weighted by Crippen LogP contribution is 2.19. The number of hydrogen-bond donors (Lipinski definition) is 2. The predicted octanol–water partition coefficient (Wildman–Crippen LogP) is 1.94. The summed E-state index contributed by atoms with van der Waals surface area (Å²) in [6.45, 7) is 16.6. The number of hydrogen-bond acceptors (Lipinski definition) is 5. The van der Waals surface area contributed by atoms with Crippen molar-refractivity contribution in [3.8, 4) is 0 Å². The number of carbonyl (C=O) groups is 4. The van der Waals surface area contributed by atoms with Gasteiger partial charge in [-0.25, -0.2) is 0 Å². The lowest BCUT2D eigenvalue weighted by Crippen LogP contribution is -2.54. The minimum Gasteiger partial charge on any atom is -0.344 e. The zero-order valence-electron chi connectivity index (χ0n) is 19.3. The Morgan fingerprint density at radius 3 is 1.75 bits per heavy atom. The predicted molar refractivity (Wildman–Crippen MR) is 111 cm³/mol. The van der Waals surface area contributed by atoms with E-state index in [4.69, 9.17) is 0 Å². The molecule has 0 rings (SSSR count). The van der Waals surface area contributed by atoms with Crippen molar-refractivity contribution in [3.63, 3.8) is 0 Å². The fraction of sp³-hybridized carbons (Fsp3) is 0.810. The molecule has 7 nitrogen and oxygen atoms in total. The van der Waals surface area contributed by atoms with Crippen LogP contribution in [0.15, 0.2) is 0 Å². The molecule has 0 radical (unpaired) electrons. The first-order valence-corrected chi connectivity index (χ1v) is 9.70. The highest BCUT2D eigenvalue weighted by atomic mass is 16.2. The molecular weight excluding hydrogens is 358 g/mol. The van der Waals surface area contributed by atoms with E-state index in [1.807, 2.05) is 20.8 Å². The molecule has 1 atom stereocenters. The first-order chi connectivity index (χ1) is 12.3. The third-order valence-corrected chi connectivity index (χ3v) is 4.20. The largest absolute Gasteiger partial charge is 0.344 e. The molecule has 0 saturated heterocycles. The zero-order chi connectivity index (χ0) is 22.5. The summed E-state index contributed by atoms with van der Waals surface area (Å²) in [7, 11) is 1.60. The molecule has 0 aliphatic carbocycles. The van der Waals surface area contributed by atoms with E-state index in [0.29, 0.717) is 0 Å². The van der Waals surface area contributed by atoms with E-state index in [0.717, 1.165) is 0 Å². The smallest absolute Gasteiger partial charge is 0.236 e. The number of nitrogens with one attached hydrogen (secondary N) is 2. The van der Waals surface area contributed by atoms with E-state index in [1.165, 1.54) is 4.90 Å². The molecule has 0 bridgehead atoms. The number of amides is 2. The van der Waals surface area contributed by atoms with Gasteiger partial charge >= 0.3 is 0 Å². The van der Waals surface area contributed by atoms with E-state index in [-0.39, 0.29) is 42.5 Å². The van der Waals surface area contributed by atoms with Gasteiger partial charge in [-0.1, -0.05) is 41.5 Å². The van der Waals surface area contributed by atoms with Crippen LogP contribution in [0.2, 0.25) is 0 Å². The van der Waals surface area contributed by atoms with Crippen molar-refractivity contribution in [3.05, 3.63) is 0 Å². The maximum atomic E-state index is 12.8. The SMILES string of the molecule is CN(CC(NC(=O)CC(=O)C(C)(C)C)C(=O)C(C)(C)C)C(=O)CNC(C)(C)C. The molecule has 28 heavy (non-hydrogen) atoms. The summed E-state index contributed by atoms with van der Waals surface area (Å²) in [4.78, 5) is 51.1. The summed E-state index contributed by atoms with van der Waals surface area (Å²) in [6.07, 6.45) is -0.291. The molecule has 162 valence electrons. The Hall–Kier alpha value is -1.76. The number of nitrogens with zero attached hydrogens (tertiary/aromatic N) is 1. The Bertz CT molecular complexity index is 592. The van der Waals surface area contributed by atoms with Crippen molar-refractivity contribution in [1.29, 1.82) is 0 Å². The lowest BCUT2D eigenvalue weighted by atomic mass is 9.85. The summed E-state index contributed by atoms with van der Waals surface area (Å²) in [5.41, 5.74) is -1.54. The third-order valence-electron chi connectivity index (χ3n) is 4.20. The van der Waals surface area contributed by atoms with Gasteiger partial charge in [0.25, 0.3) is 0 Å². The molecular formula is C21H39N3O4. The van der Waals surface area contributed by atoms with Gasteiger partial charge in [0.2, 0.25) is 11.8 Å². The van der Waals surface area contributed by atoms with Gasteiger partial charge < -0.3 is 15.5 Å². The Balaban J connectivity index is 5.19. The first-order valence-electron chi connectivity index (χ1n) is 9.70. The number of rotatable bonds is 8. The van der Waals surface area contributed by atoms with Gasteiger partial charge in [-0.15, -0.1) is 0 Å². The highest BCUT2D eigenvalue weighted by molar-refractivity contribution is 6.02. The number of likely N-dealkylation sites (N-methyl/N-ethyl adjacent to an activating group) is 1. The average Bonchev–Trinajstić information content (AvgIpc) is 2.48. The molecule has 0 fully saturated rings. The summed E-state index contributed by atoms with van der Waals surface area (Å²) in [5, 5.41) is 5.77. The molecule has 0 heterocycles. The van der Waals surface area contributed by atoms with Crippen LogP contribution in [-0.4, -0.2) is 60.0 Å². The molecule has 1 unspecified atom stereocenters.